The van der Waals surface area contributed by atoms with E-state index in [1.165, 1.54) is 98.4 Å². The van der Waals surface area contributed by atoms with Crippen LogP contribution in [0.2, 0.25) is 0 Å². The summed E-state index contributed by atoms with van der Waals surface area (Å²) in [6.07, 6.45) is 4.70. The molecule has 5 aromatic rings. The topological polar surface area (TPSA) is 0 Å². The Labute approximate surface area is 289 Å². The van der Waals surface area contributed by atoms with Gasteiger partial charge in [0.05, 0.1) is 0 Å². The van der Waals surface area contributed by atoms with Gasteiger partial charge in [-0.2, -0.15) is 0 Å². The van der Waals surface area contributed by atoms with Crippen LogP contribution in [0.5, 0.6) is 0 Å². The van der Waals surface area contributed by atoms with Crippen LogP contribution in [0.3, 0.4) is 0 Å². The van der Waals surface area contributed by atoms with Crippen LogP contribution >= 0.6 is 11.3 Å². The van der Waals surface area contributed by atoms with Crippen molar-refractivity contribution in [1.29, 1.82) is 0 Å². The number of hydrogen-bond donors (Lipinski definition) is 0. The van der Waals surface area contributed by atoms with E-state index in [9.17, 15) is 0 Å². The largest absolute Gasteiger partial charge is 0.235 e. The molecule has 0 bridgehead atoms. The van der Waals surface area contributed by atoms with Crippen LogP contribution < -0.4 is 21.9 Å². The zero-order valence-corrected chi connectivity index (χ0v) is 31.5. The van der Waals surface area contributed by atoms with E-state index in [1.54, 1.807) is 0 Å². The van der Waals surface area contributed by atoms with Gasteiger partial charge in [0.15, 0.2) is 0 Å². The van der Waals surface area contributed by atoms with Crippen LogP contribution in [0.25, 0.3) is 12.2 Å². The highest BCUT2D eigenvalue weighted by atomic mass is 32.1. The standard InChI is InChI=1S/C44H50B2S/c1-27-19-31(5)41(32(6)20-27)45(42-33(7)21-28(2)22-34(42)8)17-15-39-13-14-40(47-39)16-18-46(43-35(9)23-29(3)24-36(43)10)44-37(11)25-30(4)26-38(44)12/h13-26H,1-12H3/b17-15+,18-16+. The molecule has 0 unspecified atom stereocenters. The minimum atomic E-state index is 0.196. The first-order valence-corrected chi connectivity index (χ1v) is 17.8. The highest BCUT2D eigenvalue weighted by Crippen LogP contribution is 2.22. The van der Waals surface area contributed by atoms with E-state index in [2.05, 4.69) is 168 Å². The molecule has 238 valence electrons. The maximum absolute atomic E-state index is 2.44. The van der Waals surface area contributed by atoms with Gasteiger partial charge >= 0.3 is 0 Å². The molecule has 0 spiro atoms. The Morgan fingerprint density at radius 1 is 0.362 bits per heavy atom. The first-order valence-electron chi connectivity index (χ1n) is 17.0. The molecular formula is C44H50B2S. The highest BCUT2D eigenvalue weighted by Gasteiger charge is 2.25. The van der Waals surface area contributed by atoms with E-state index in [-0.39, 0.29) is 13.4 Å². The second kappa shape index (κ2) is 14.1. The normalized spacial score (nSPS) is 11.7. The van der Waals surface area contributed by atoms with E-state index in [1.807, 2.05) is 11.3 Å². The van der Waals surface area contributed by atoms with Gasteiger partial charge in [0.25, 0.3) is 0 Å². The summed E-state index contributed by atoms with van der Waals surface area (Å²) in [5, 5.41) is 0. The molecule has 0 amide bonds. The maximum Gasteiger partial charge on any atom is 0.235 e. The molecule has 5 rings (SSSR count). The predicted octanol–water partition coefficient (Wildman–Crippen LogP) is 9.17. The molecule has 1 heterocycles. The van der Waals surface area contributed by atoms with Crippen LogP contribution in [0.4, 0.5) is 0 Å². The van der Waals surface area contributed by atoms with Crippen molar-refractivity contribution < 1.29 is 0 Å². The van der Waals surface area contributed by atoms with Crippen LogP contribution in [0.1, 0.15) is 76.5 Å². The van der Waals surface area contributed by atoms with Gasteiger partial charge < -0.3 is 0 Å². The van der Waals surface area contributed by atoms with Crippen LogP contribution in [0.15, 0.2) is 72.6 Å². The average Bonchev–Trinajstić information content (AvgIpc) is 3.39. The summed E-state index contributed by atoms with van der Waals surface area (Å²) in [7, 11) is 0. The first kappa shape index (κ1) is 34.5. The molecule has 1 aromatic heterocycles. The summed E-state index contributed by atoms with van der Waals surface area (Å²) >= 11 is 1.87. The summed E-state index contributed by atoms with van der Waals surface area (Å²) in [6, 6.07) is 23.2. The number of benzene rings is 4. The maximum atomic E-state index is 2.44. The van der Waals surface area contributed by atoms with Gasteiger partial charge in [-0.1, -0.05) is 149 Å². The lowest BCUT2D eigenvalue weighted by molar-refractivity contribution is 1.34. The van der Waals surface area contributed by atoms with Crippen molar-refractivity contribution in [3.05, 3.63) is 149 Å². The van der Waals surface area contributed by atoms with Gasteiger partial charge in [-0.3, -0.25) is 0 Å². The smallest absolute Gasteiger partial charge is 0.137 e. The monoisotopic (exact) mass is 632 g/mol. The quantitative estimate of drug-likeness (QED) is 0.150. The van der Waals surface area contributed by atoms with E-state index in [4.69, 9.17) is 0 Å². The molecule has 4 aromatic carbocycles. The van der Waals surface area contributed by atoms with Gasteiger partial charge in [-0.05, 0) is 95.2 Å². The molecule has 0 atom stereocenters. The Hall–Kier alpha value is -3.81. The third kappa shape index (κ3) is 7.52. The molecule has 47 heavy (non-hydrogen) atoms. The summed E-state index contributed by atoms with van der Waals surface area (Å²) < 4.78 is 0. The fraction of sp³-hybridized carbons (Fsp3) is 0.273. The van der Waals surface area contributed by atoms with Gasteiger partial charge in [-0.25, -0.2) is 0 Å². The summed E-state index contributed by atoms with van der Waals surface area (Å²) in [5.74, 6) is 4.88. The SMILES string of the molecule is Cc1cc(C)c(B(/C=C/c2ccc(/C=C/B(c3c(C)cc(C)cc3C)c3c(C)cc(C)cc3C)s2)c2c(C)cc(C)cc2C)c(C)c1. The number of thiophene rings is 1. The van der Waals surface area contributed by atoms with Crippen molar-refractivity contribution >= 4 is 58.8 Å². The first-order chi connectivity index (χ1) is 22.2. The van der Waals surface area contributed by atoms with Gasteiger partial charge in [0.1, 0.15) is 0 Å². The zero-order valence-electron chi connectivity index (χ0n) is 30.6. The van der Waals surface area contributed by atoms with Gasteiger partial charge in [-0.15, -0.1) is 23.3 Å². The molecule has 0 radical (unpaired) electrons. The lowest BCUT2D eigenvalue weighted by Gasteiger charge is -2.22. The minimum Gasteiger partial charge on any atom is -0.137 e. The van der Waals surface area contributed by atoms with E-state index in [0.717, 1.165) is 0 Å². The second-order valence-corrected chi connectivity index (χ2v) is 15.3. The summed E-state index contributed by atoms with van der Waals surface area (Å²) in [5.41, 5.74) is 21.9. The third-order valence-electron chi connectivity index (χ3n) is 9.75. The molecule has 0 aliphatic rings. The van der Waals surface area contributed by atoms with E-state index >= 15 is 0 Å². The lowest BCUT2D eigenvalue weighted by atomic mass is 9.37. The average molecular weight is 633 g/mol. The van der Waals surface area contributed by atoms with Crippen LogP contribution in [0, 0.1) is 83.1 Å². The van der Waals surface area contributed by atoms with Gasteiger partial charge in [0, 0.05) is 9.75 Å². The Kier molecular flexibility index (Phi) is 10.4. The molecule has 0 fully saturated rings. The highest BCUT2D eigenvalue weighted by molar-refractivity contribution is 7.14. The summed E-state index contributed by atoms with van der Waals surface area (Å²) in [4.78, 5) is 2.56. The van der Waals surface area contributed by atoms with Crippen molar-refractivity contribution in [2.24, 2.45) is 0 Å². The van der Waals surface area contributed by atoms with E-state index in [0.29, 0.717) is 0 Å². The molecule has 0 N–H and O–H groups in total. The zero-order chi connectivity index (χ0) is 34.2. The Balaban J connectivity index is 1.55. The predicted molar refractivity (Wildman–Crippen MR) is 215 cm³/mol. The Morgan fingerprint density at radius 3 is 0.787 bits per heavy atom. The van der Waals surface area contributed by atoms with Crippen LogP contribution in [-0.2, 0) is 0 Å². The molecule has 3 heteroatoms. The number of aryl methyl sites for hydroxylation is 12. The fourth-order valence-corrected chi connectivity index (χ4v) is 9.17. The molecule has 0 aliphatic carbocycles. The van der Waals surface area contributed by atoms with Gasteiger partial charge in [0.2, 0.25) is 13.4 Å². The van der Waals surface area contributed by atoms with Crippen molar-refractivity contribution in [2.75, 3.05) is 0 Å². The van der Waals surface area contributed by atoms with E-state index < -0.39 is 0 Å². The molecule has 0 aliphatic heterocycles. The second-order valence-electron chi connectivity index (χ2n) is 14.2. The number of hydrogen-bond acceptors (Lipinski definition) is 1. The lowest BCUT2D eigenvalue weighted by Crippen LogP contribution is -2.46. The van der Waals surface area contributed by atoms with Crippen molar-refractivity contribution in [3.63, 3.8) is 0 Å². The minimum absolute atomic E-state index is 0.196. The molecular weight excluding hydrogens is 582 g/mol. The van der Waals surface area contributed by atoms with Crippen molar-refractivity contribution in [2.45, 2.75) is 83.1 Å². The van der Waals surface area contributed by atoms with Crippen LogP contribution in [-0.4, -0.2) is 13.4 Å². The fourth-order valence-electron chi connectivity index (χ4n) is 8.33. The molecule has 0 saturated carbocycles. The van der Waals surface area contributed by atoms with Crippen molar-refractivity contribution in [3.8, 4) is 0 Å². The third-order valence-corrected chi connectivity index (χ3v) is 10.8. The summed E-state index contributed by atoms with van der Waals surface area (Å²) in [6.45, 7) is 27.4. The molecule has 0 saturated heterocycles. The number of rotatable bonds is 8. The Morgan fingerprint density at radius 2 is 0.574 bits per heavy atom. The Bertz CT molecular complexity index is 1670. The van der Waals surface area contributed by atoms with Crippen molar-refractivity contribution in [1.82, 2.24) is 0 Å². The molecule has 0 nitrogen and oxygen atoms in total.